The number of likely N-dealkylation sites (N-methyl/N-ethyl adjacent to an activating group) is 2. The molecule has 1 fully saturated rings. The van der Waals surface area contributed by atoms with Gasteiger partial charge >= 0.3 is 0 Å². The van der Waals surface area contributed by atoms with Crippen LogP contribution in [-0.4, -0.2) is 106 Å². The Morgan fingerprint density at radius 1 is 0.571 bits per heavy atom. The van der Waals surface area contributed by atoms with E-state index in [9.17, 15) is 0 Å². The molecule has 0 aromatic rings. The SMILES string of the molecule is CN1CCOCCN(C)CCOCCN(I)CCOCC1. The summed E-state index contributed by atoms with van der Waals surface area (Å²) < 4.78 is 19.2. The van der Waals surface area contributed by atoms with Crippen molar-refractivity contribution in [2.75, 3.05) is 93.0 Å². The molecule has 0 aliphatic carbocycles. The fraction of sp³-hybridized carbons (Fsp3) is 1.00. The summed E-state index contributed by atoms with van der Waals surface area (Å²) in [6, 6.07) is 0. The molecule has 0 amide bonds. The van der Waals surface area contributed by atoms with E-state index in [1.807, 2.05) is 0 Å². The van der Waals surface area contributed by atoms with Crippen molar-refractivity contribution in [1.82, 2.24) is 12.9 Å². The molecule has 1 rings (SSSR count). The van der Waals surface area contributed by atoms with Crippen molar-refractivity contribution in [1.29, 1.82) is 0 Å². The van der Waals surface area contributed by atoms with Gasteiger partial charge in [0.15, 0.2) is 0 Å². The lowest BCUT2D eigenvalue weighted by atomic mass is 10.5. The molecule has 1 aliphatic heterocycles. The molecule has 0 aromatic heterocycles. The zero-order valence-electron chi connectivity index (χ0n) is 13.4. The predicted octanol–water partition coefficient (Wildman–Crippen LogP) is 0.565. The van der Waals surface area contributed by atoms with Crippen LogP contribution in [0.5, 0.6) is 0 Å². The van der Waals surface area contributed by atoms with Gasteiger partial charge in [0.05, 0.1) is 39.6 Å². The summed E-state index contributed by atoms with van der Waals surface area (Å²) in [6.07, 6.45) is 0. The van der Waals surface area contributed by atoms with Crippen LogP contribution >= 0.6 is 22.9 Å². The van der Waals surface area contributed by atoms with Crippen LogP contribution in [0.3, 0.4) is 0 Å². The molecule has 0 saturated carbocycles. The first kappa shape index (κ1) is 19.5. The van der Waals surface area contributed by atoms with Gasteiger partial charge in [0.1, 0.15) is 0 Å². The van der Waals surface area contributed by atoms with Gasteiger partial charge in [0.2, 0.25) is 0 Å². The first-order valence-electron chi connectivity index (χ1n) is 7.69. The van der Waals surface area contributed by atoms with Crippen LogP contribution in [0.25, 0.3) is 0 Å². The second kappa shape index (κ2) is 13.0. The van der Waals surface area contributed by atoms with Crippen molar-refractivity contribution >= 4 is 22.9 Å². The maximum Gasteiger partial charge on any atom is 0.0602 e. The fourth-order valence-electron chi connectivity index (χ4n) is 1.85. The van der Waals surface area contributed by atoms with Crippen molar-refractivity contribution in [3.63, 3.8) is 0 Å². The van der Waals surface area contributed by atoms with Gasteiger partial charge in [0.25, 0.3) is 0 Å². The number of ether oxygens (including phenoxy) is 3. The number of halogens is 1. The lowest BCUT2D eigenvalue weighted by Crippen LogP contribution is -2.31. The quantitative estimate of drug-likeness (QED) is 0.426. The molecule has 1 saturated heterocycles. The van der Waals surface area contributed by atoms with E-state index in [-0.39, 0.29) is 0 Å². The molecule has 21 heavy (non-hydrogen) atoms. The lowest BCUT2D eigenvalue weighted by Gasteiger charge is -2.20. The summed E-state index contributed by atoms with van der Waals surface area (Å²) in [5.74, 6) is 0. The summed E-state index contributed by atoms with van der Waals surface area (Å²) in [5.41, 5.74) is 0. The van der Waals surface area contributed by atoms with Gasteiger partial charge in [-0.25, -0.2) is 3.11 Å². The van der Waals surface area contributed by atoms with Crippen LogP contribution < -0.4 is 0 Å². The minimum Gasteiger partial charge on any atom is -0.379 e. The highest BCUT2D eigenvalue weighted by Gasteiger charge is 2.04. The third-order valence-electron chi connectivity index (χ3n) is 3.43. The average Bonchev–Trinajstić information content (AvgIpc) is 2.45. The zero-order valence-corrected chi connectivity index (χ0v) is 15.6. The van der Waals surface area contributed by atoms with Crippen LogP contribution in [0.4, 0.5) is 0 Å². The summed E-state index contributed by atoms with van der Waals surface area (Å²) in [4.78, 5) is 4.50. The molecule has 0 atom stereocenters. The van der Waals surface area contributed by atoms with Gasteiger partial charge in [0, 0.05) is 62.1 Å². The maximum absolute atomic E-state index is 5.66. The van der Waals surface area contributed by atoms with Gasteiger partial charge in [-0.05, 0) is 14.1 Å². The Hall–Kier alpha value is 0.490. The fourth-order valence-corrected chi connectivity index (χ4v) is 2.24. The number of rotatable bonds is 0. The van der Waals surface area contributed by atoms with Crippen molar-refractivity contribution in [3.05, 3.63) is 0 Å². The molecular weight excluding hydrogens is 385 g/mol. The van der Waals surface area contributed by atoms with Crippen molar-refractivity contribution in [2.45, 2.75) is 0 Å². The van der Waals surface area contributed by atoms with E-state index in [0.717, 1.165) is 78.9 Å². The monoisotopic (exact) mass is 415 g/mol. The van der Waals surface area contributed by atoms with E-state index < -0.39 is 0 Å². The molecule has 6 nitrogen and oxygen atoms in total. The number of nitrogens with zero attached hydrogens (tertiary/aromatic N) is 3. The topological polar surface area (TPSA) is 37.4 Å². The molecular formula is C14H30IN3O3. The first-order valence-corrected chi connectivity index (χ1v) is 8.66. The third-order valence-corrected chi connectivity index (χ3v) is 4.39. The minimum atomic E-state index is 0.774. The molecule has 0 spiro atoms. The normalized spacial score (nSPS) is 25.3. The third kappa shape index (κ3) is 11.7. The van der Waals surface area contributed by atoms with E-state index in [2.05, 4.69) is 49.9 Å². The van der Waals surface area contributed by atoms with Crippen LogP contribution in [-0.2, 0) is 14.2 Å². The Kier molecular flexibility index (Phi) is 12.1. The Morgan fingerprint density at radius 2 is 0.857 bits per heavy atom. The molecule has 126 valence electrons. The van der Waals surface area contributed by atoms with Crippen LogP contribution in [0, 0.1) is 0 Å². The van der Waals surface area contributed by atoms with Gasteiger partial charge in [-0.3, -0.25) is 0 Å². The molecule has 0 N–H and O–H groups in total. The van der Waals surface area contributed by atoms with E-state index in [1.165, 1.54) is 0 Å². The minimum absolute atomic E-state index is 0.774. The van der Waals surface area contributed by atoms with E-state index in [1.54, 1.807) is 0 Å². The van der Waals surface area contributed by atoms with Crippen LogP contribution in [0.1, 0.15) is 0 Å². The smallest absolute Gasteiger partial charge is 0.0602 e. The Balaban J connectivity index is 2.24. The van der Waals surface area contributed by atoms with Crippen LogP contribution in [0.15, 0.2) is 0 Å². The van der Waals surface area contributed by atoms with Crippen molar-refractivity contribution in [3.8, 4) is 0 Å². The largest absolute Gasteiger partial charge is 0.379 e. The summed E-state index contributed by atoms with van der Waals surface area (Å²) >= 11 is 2.34. The Bertz CT molecular complexity index is 193. The summed E-state index contributed by atoms with van der Waals surface area (Å²) in [7, 11) is 4.22. The van der Waals surface area contributed by atoms with Crippen molar-refractivity contribution in [2.24, 2.45) is 0 Å². The predicted molar refractivity (Wildman–Crippen MR) is 93.0 cm³/mol. The van der Waals surface area contributed by atoms with Gasteiger partial charge < -0.3 is 24.0 Å². The second-order valence-electron chi connectivity index (χ2n) is 5.35. The average molecular weight is 415 g/mol. The molecule has 0 aromatic carbocycles. The zero-order chi connectivity index (χ0) is 15.3. The van der Waals surface area contributed by atoms with Crippen LogP contribution in [0.2, 0.25) is 0 Å². The summed E-state index contributed by atoms with van der Waals surface area (Å²) in [5, 5.41) is 0. The highest BCUT2D eigenvalue weighted by atomic mass is 127. The first-order chi connectivity index (χ1) is 10.2. The lowest BCUT2D eigenvalue weighted by molar-refractivity contribution is 0.0593. The second-order valence-corrected chi connectivity index (χ2v) is 6.72. The Labute approximate surface area is 143 Å². The molecule has 1 aliphatic rings. The van der Waals surface area contributed by atoms with E-state index in [4.69, 9.17) is 14.2 Å². The molecule has 0 unspecified atom stereocenters. The Morgan fingerprint density at radius 3 is 1.19 bits per heavy atom. The standard InChI is InChI=1S/C14H30IN3O3/c1-16-3-9-19-10-4-17(2)6-12-21-14-8-18(15)7-13-20-11-5-16/h3-14H2,1-2H3. The van der Waals surface area contributed by atoms with Gasteiger partial charge in [-0.15, -0.1) is 0 Å². The van der Waals surface area contributed by atoms with Gasteiger partial charge in [-0.2, -0.15) is 0 Å². The number of hydrogen-bond donors (Lipinski definition) is 0. The molecule has 0 radical (unpaired) electrons. The van der Waals surface area contributed by atoms with E-state index >= 15 is 0 Å². The molecule has 1 heterocycles. The number of hydrogen-bond acceptors (Lipinski definition) is 6. The maximum atomic E-state index is 5.66. The highest BCUT2D eigenvalue weighted by Crippen LogP contribution is 1.98. The molecule has 7 heteroatoms. The summed E-state index contributed by atoms with van der Waals surface area (Å²) in [6.45, 7) is 10.4. The molecule has 0 bridgehead atoms. The van der Waals surface area contributed by atoms with Crippen molar-refractivity contribution < 1.29 is 14.2 Å². The van der Waals surface area contributed by atoms with Gasteiger partial charge in [-0.1, -0.05) is 0 Å². The van der Waals surface area contributed by atoms with E-state index in [0.29, 0.717) is 0 Å². The highest BCUT2D eigenvalue weighted by molar-refractivity contribution is 14.1.